The van der Waals surface area contributed by atoms with Crippen molar-refractivity contribution in [3.63, 3.8) is 0 Å². The highest BCUT2D eigenvalue weighted by Gasteiger charge is 2.11. The lowest BCUT2D eigenvalue weighted by Gasteiger charge is -2.05. The van der Waals surface area contributed by atoms with Crippen LogP contribution < -0.4 is 4.72 Å². The van der Waals surface area contributed by atoms with E-state index < -0.39 is 10.0 Å². The van der Waals surface area contributed by atoms with Crippen molar-refractivity contribution in [2.24, 2.45) is 0 Å². The summed E-state index contributed by atoms with van der Waals surface area (Å²) in [7, 11) is -3.43. The smallest absolute Gasteiger partial charge is 0.231 e. The second-order valence-electron chi connectivity index (χ2n) is 2.47. The van der Waals surface area contributed by atoms with Crippen molar-refractivity contribution in [2.45, 2.75) is 0 Å². The number of halogens is 3. The second-order valence-corrected chi connectivity index (χ2v) is 5.39. The van der Waals surface area contributed by atoms with E-state index in [4.69, 9.17) is 34.8 Å². The molecule has 1 N–H and O–H groups in total. The number of nitrogens with one attached hydrogen (secondary N) is 1. The van der Waals surface area contributed by atoms with E-state index in [1.165, 1.54) is 6.07 Å². The second kappa shape index (κ2) is 4.10. The van der Waals surface area contributed by atoms with Crippen LogP contribution in [-0.4, -0.2) is 19.7 Å². The van der Waals surface area contributed by atoms with Crippen molar-refractivity contribution in [1.29, 1.82) is 0 Å². The summed E-state index contributed by atoms with van der Waals surface area (Å²) < 4.78 is 23.8. The van der Waals surface area contributed by atoms with Gasteiger partial charge in [0.05, 0.1) is 16.3 Å². The van der Waals surface area contributed by atoms with Crippen molar-refractivity contribution in [3.05, 3.63) is 21.3 Å². The predicted octanol–water partition coefficient (Wildman–Crippen LogP) is 2.41. The first kappa shape index (κ1) is 11.8. The molecule has 1 aromatic rings. The molecule has 0 unspecified atom stereocenters. The van der Waals surface area contributed by atoms with Crippen LogP contribution in [0.5, 0.6) is 0 Å². The maximum Gasteiger partial charge on any atom is 0.231 e. The number of hydrogen-bond donors (Lipinski definition) is 1. The van der Waals surface area contributed by atoms with Crippen LogP contribution in [0.15, 0.2) is 6.07 Å². The van der Waals surface area contributed by atoms with Crippen molar-refractivity contribution in [1.82, 2.24) is 4.98 Å². The van der Waals surface area contributed by atoms with E-state index in [0.29, 0.717) is 0 Å². The summed E-state index contributed by atoms with van der Waals surface area (Å²) in [6.07, 6.45) is 0.980. The van der Waals surface area contributed by atoms with E-state index in [2.05, 4.69) is 9.71 Å². The minimum Gasteiger partial charge on any atom is -0.266 e. The predicted molar refractivity (Wildman–Crippen MR) is 57.7 cm³/mol. The lowest BCUT2D eigenvalue weighted by atomic mass is 10.5. The molecule has 4 nitrogen and oxygen atoms in total. The Balaban J connectivity index is 3.17. The van der Waals surface area contributed by atoms with Gasteiger partial charge < -0.3 is 0 Å². The molecular weight excluding hydrogens is 271 g/mol. The first-order valence-corrected chi connectivity index (χ1v) is 6.31. The Morgan fingerprint density at radius 1 is 1.29 bits per heavy atom. The minimum absolute atomic E-state index is 0.0118. The molecule has 14 heavy (non-hydrogen) atoms. The van der Waals surface area contributed by atoms with E-state index in [1.807, 2.05) is 0 Å². The quantitative estimate of drug-likeness (QED) is 0.843. The molecule has 0 aliphatic rings. The fourth-order valence-corrected chi connectivity index (χ4v) is 1.80. The van der Waals surface area contributed by atoms with Gasteiger partial charge in [-0.1, -0.05) is 34.8 Å². The number of anilines is 1. The van der Waals surface area contributed by atoms with Crippen LogP contribution >= 0.6 is 34.8 Å². The zero-order chi connectivity index (χ0) is 10.9. The van der Waals surface area contributed by atoms with Gasteiger partial charge in [-0.2, -0.15) is 0 Å². The van der Waals surface area contributed by atoms with Gasteiger partial charge in [0, 0.05) is 0 Å². The fraction of sp³-hybridized carbons (Fsp3) is 0.167. The van der Waals surface area contributed by atoms with Crippen molar-refractivity contribution in [2.75, 3.05) is 11.0 Å². The summed E-state index contributed by atoms with van der Waals surface area (Å²) in [5.41, 5.74) is 0. The SMILES string of the molecule is CS(=O)(=O)Nc1nc(Cl)c(Cl)cc1Cl. The highest BCUT2D eigenvalue weighted by molar-refractivity contribution is 7.92. The molecule has 0 atom stereocenters. The summed E-state index contributed by atoms with van der Waals surface area (Å²) in [6.45, 7) is 0. The van der Waals surface area contributed by atoms with Gasteiger partial charge in [-0.3, -0.25) is 4.72 Å². The van der Waals surface area contributed by atoms with Crippen LogP contribution in [0, 0.1) is 0 Å². The lowest BCUT2D eigenvalue weighted by Crippen LogP contribution is -2.11. The Labute approximate surface area is 96.2 Å². The van der Waals surface area contributed by atoms with Crippen molar-refractivity contribution in [3.8, 4) is 0 Å². The summed E-state index contributed by atoms with van der Waals surface area (Å²) in [5.74, 6) is -0.0384. The van der Waals surface area contributed by atoms with Gasteiger partial charge in [-0.05, 0) is 6.07 Å². The number of aromatic nitrogens is 1. The Kier molecular flexibility index (Phi) is 3.47. The van der Waals surface area contributed by atoms with E-state index in [1.54, 1.807) is 0 Å². The Morgan fingerprint density at radius 2 is 1.86 bits per heavy atom. The molecule has 1 aromatic heterocycles. The number of sulfonamides is 1. The molecule has 0 aliphatic carbocycles. The number of rotatable bonds is 2. The van der Waals surface area contributed by atoms with Crippen LogP contribution in [0.25, 0.3) is 0 Å². The zero-order valence-corrected chi connectivity index (χ0v) is 9.97. The molecule has 0 aliphatic heterocycles. The molecule has 1 heterocycles. The van der Waals surface area contributed by atoms with Gasteiger partial charge >= 0.3 is 0 Å². The van der Waals surface area contributed by atoms with Gasteiger partial charge in [0.25, 0.3) is 0 Å². The fourth-order valence-electron chi connectivity index (χ4n) is 0.691. The van der Waals surface area contributed by atoms with Gasteiger partial charge in [-0.15, -0.1) is 0 Å². The summed E-state index contributed by atoms with van der Waals surface area (Å²) in [4.78, 5) is 3.67. The minimum atomic E-state index is -3.43. The molecule has 78 valence electrons. The Hall–Kier alpha value is -0.230. The number of pyridine rings is 1. The lowest BCUT2D eigenvalue weighted by molar-refractivity contribution is 0.606. The third kappa shape index (κ3) is 3.16. The third-order valence-corrected chi connectivity index (χ3v) is 2.69. The largest absolute Gasteiger partial charge is 0.266 e. The summed E-state index contributed by atoms with van der Waals surface area (Å²) >= 11 is 16.9. The molecule has 8 heteroatoms. The Morgan fingerprint density at radius 3 is 2.36 bits per heavy atom. The molecule has 0 fully saturated rings. The van der Waals surface area contributed by atoms with Crippen LogP contribution in [0.4, 0.5) is 5.82 Å². The van der Waals surface area contributed by atoms with Gasteiger partial charge in [-0.25, -0.2) is 13.4 Å². The molecule has 0 saturated carbocycles. The van der Waals surface area contributed by atoms with Gasteiger partial charge in [0.2, 0.25) is 10.0 Å². The van der Waals surface area contributed by atoms with Crippen LogP contribution in [0.1, 0.15) is 0 Å². The highest BCUT2D eigenvalue weighted by atomic mass is 35.5. The Bertz CT molecular complexity index is 460. The topological polar surface area (TPSA) is 59.1 Å². The highest BCUT2D eigenvalue weighted by Crippen LogP contribution is 2.29. The van der Waals surface area contributed by atoms with E-state index >= 15 is 0 Å². The average molecular weight is 276 g/mol. The van der Waals surface area contributed by atoms with Crippen LogP contribution in [0.2, 0.25) is 15.2 Å². The monoisotopic (exact) mass is 274 g/mol. The molecule has 0 aromatic carbocycles. The number of hydrogen-bond acceptors (Lipinski definition) is 3. The molecule has 0 amide bonds. The number of nitrogens with zero attached hydrogens (tertiary/aromatic N) is 1. The average Bonchev–Trinajstić information content (AvgIpc) is 1.97. The van der Waals surface area contributed by atoms with Crippen molar-refractivity contribution >= 4 is 50.6 Å². The molecule has 1 rings (SSSR count). The maximum atomic E-state index is 10.9. The van der Waals surface area contributed by atoms with E-state index in [-0.39, 0.29) is 21.0 Å². The summed E-state index contributed by atoms with van der Waals surface area (Å²) in [6, 6.07) is 1.31. The zero-order valence-electron chi connectivity index (χ0n) is 6.88. The molecule has 0 saturated heterocycles. The van der Waals surface area contributed by atoms with E-state index in [0.717, 1.165) is 6.26 Å². The first-order chi connectivity index (χ1) is 6.29. The van der Waals surface area contributed by atoms with Crippen molar-refractivity contribution < 1.29 is 8.42 Å². The summed E-state index contributed by atoms with van der Waals surface area (Å²) in [5, 5.41) is 0.239. The van der Waals surface area contributed by atoms with Crippen LogP contribution in [-0.2, 0) is 10.0 Å². The van der Waals surface area contributed by atoms with Gasteiger partial charge in [0.15, 0.2) is 5.82 Å². The first-order valence-electron chi connectivity index (χ1n) is 3.29. The molecular formula is C6H5Cl3N2O2S. The van der Waals surface area contributed by atoms with Crippen LogP contribution in [0.3, 0.4) is 0 Å². The third-order valence-electron chi connectivity index (χ3n) is 1.17. The van der Waals surface area contributed by atoms with E-state index in [9.17, 15) is 8.42 Å². The normalized spacial score (nSPS) is 11.4. The molecule has 0 bridgehead atoms. The molecule has 0 spiro atoms. The standard InChI is InChI=1S/C6H5Cl3N2O2S/c1-14(12,13)11-6-4(8)2-3(7)5(9)10-6/h2H,1H3,(H,10,11). The molecule has 0 radical (unpaired) electrons. The maximum absolute atomic E-state index is 10.9. The van der Waals surface area contributed by atoms with Gasteiger partial charge in [0.1, 0.15) is 5.15 Å².